The molecule has 1 aromatic carbocycles. The minimum atomic E-state index is -0.0418. The number of anilines is 3. The summed E-state index contributed by atoms with van der Waals surface area (Å²) in [5.41, 5.74) is 1.71. The van der Waals surface area contributed by atoms with Crippen LogP contribution >= 0.6 is 15.9 Å². The van der Waals surface area contributed by atoms with Gasteiger partial charge in [-0.3, -0.25) is 4.79 Å². The van der Waals surface area contributed by atoms with E-state index < -0.39 is 0 Å². The van der Waals surface area contributed by atoms with E-state index in [0.717, 1.165) is 60.9 Å². The van der Waals surface area contributed by atoms with Crippen molar-refractivity contribution in [3.05, 3.63) is 40.4 Å². The Kier molecular flexibility index (Phi) is 7.42. The zero-order valence-corrected chi connectivity index (χ0v) is 19.7. The molecule has 0 saturated carbocycles. The number of hydrogen-bond donors (Lipinski definition) is 1. The van der Waals surface area contributed by atoms with Crippen molar-refractivity contribution in [2.75, 3.05) is 69.0 Å². The van der Waals surface area contributed by atoms with Crippen LogP contribution in [0.25, 0.3) is 0 Å². The van der Waals surface area contributed by atoms with E-state index >= 15 is 0 Å². The molecular formula is C22H30BrN5O2. The molecule has 0 bridgehead atoms. The molecule has 1 aromatic heterocycles. The van der Waals surface area contributed by atoms with Crippen LogP contribution in [0, 0.1) is 0 Å². The standard InChI is InChI=1S/C22H30BrN5O2/c1-5-10-24-21-17(22(29)26(2)3)7-9-20(25-21)28-13-11-27(12-14-28)18-8-6-16(23)15-19(18)30-4/h6-9,15H,5,10-14H2,1-4H3,(H,24,25). The number of halogens is 1. The van der Waals surface area contributed by atoms with Crippen LogP contribution in [-0.4, -0.2) is 69.7 Å². The van der Waals surface area contributed by atoms with Crippen molar-refractivity contribution in [3.8, 4) is 5.75 Å². The third kappa shape index (κ3) is 4.98. The van der Waals surface area contributed by atoms with E-state index in [9.17, 15) is 4.79 Å². The molecule has 0 unspecified atom stereocenters. The first kappa shape index (κ1) is 22.2. The van der Waals surface area contributed by atoms with Gasteiger partial charge in [0, 0.05) is 51.3 Å². The number of piperazine rings is 1. The molecule has 2 aromatic rings. The first-order valence-corrected chi connectivity index (χ1v) is 11.0. The number of carbonyl (C=O) groups excluding carboxylic acids is 1. The van der Waals surface area contributed by atoms with Crippen LogP contribution in [0.5, 0.6) is 5.75 Å². The Bertz CT molecular complexity index is 882. The van der Waals surface area contributed by atoms with Gasteiger partial charge in [0.2, 0.25) is 0 Å². The van der Waals surface area contributed by atoms with E-state index in [1.165, 1.54) is 0 Å². The fourth-order valence-electron chi connectivity index (χ4n) is 3.51. The zero-order chi connectivity index (χ0) is 21.7. The second-order valence-electron chi connectivity index (χ2n) is 7.48. The van der Waals surface area contributed by atoms with Gasteiger partial charge in [-0.15, -0.1) is 0 Å². The van der Waals surface area contributed by atoms with Gasteiger partial charge >= 0.3 is 0 Å². The fourth-order valence-corrected chi connectivity index (χ4v) is 3.85. The highest BCUT2D eigenvalue weighted by Crippen LogP contribution is 2.32. The Morgan fingerprint density at radius 2 is 1.87 bits per heavy atom. The number of nitrogens with zero attached hydrogens (tertiary/aromatic N) is 4. The number of nitrogens with one attached hydrogen (secondary N) is 1. The Morgan fingerprint density at radius 3 is 2.50 bits per heavy atom. The topological polar surface area (TPSA) is 60.9 Å². The van der Waals surface area contributed by atoms with Crippen molar-refractivity contribution in [2.45, 2.75) is 13.3 Å². The molecular weight excluding hydrogens is 446 g/mol. The zero-order valence-electron chi connectivity index (χ0n) is 18.1. The smallest absolute Gasteiger partial charge is 0.257 e. The van der Waals surface area contributed by atoms with Gasteiger partial charge in [-0.2, -0.15) is 0 Å². The van der Waals surface area contributed by atoms with Gasteiger partial charge in [0.25, 0.3) is 5.91 Å². The van der Waals surface area contributed by atoms with E-state index in [2.05, 4.69) is 44.0 Å². The van der Waals surface area contributed by atoms with Gasteiger partial charge in [-0.05, 0) is 36.8 Å². The van der Waals surface area contributed by atoms with E-state index in [0.29, 0.717) is 11.4 Å². The quantitative estimate of drug-likeness (QED) is 0.658. The lowest BCUT2D eigenvalue weighted by atomic mass is 10.2. The first-order chi connectivity index (χ1) is 14.4. The summed E-state index contributed by atoms with van der Waals surface area (Å²) in [5.74, 6) is 2.38. The maximum Gasteiger partial charge on any atom is 0.257 e. The molecule has 1 fully saturated rings. The third-order valence-corrected chi connectivity index (χ3v) is 5.64. The van der Waals surface area contributed by atoms with E-state index in [-0.39, 0.29) is 5.91 Å². The summed E-state index contributed by atoms with van der Waals surface area (Å²) in [4.78, 5) is 23.5. The van der Waals surface area contributed by atoms with Gasteiger partial charge in [-0.25, -0.2) is 4.98 Å². The van der Waals surface area contributed by atoms with Crippen molar-refractivity contribution in [1.29, 1.82) is 0 Å². The summed E-state index contributed by atoms with van der Waals surface area (Å²) < 4.78 is 6.56. The minimum absolute atomic E-state index is 0.0418. The van der Waals surface area contributed by atoms with Crippen LogP contribution in [0.3, 0.4) is 0 Å². The Balaban J connectivity index is 1.75. The summed E-state index contributed by atoms with van der Waals surface area (Å²) >= 11 is 3.50. The van der Waals surface area contributed by atoms with E-state index in [1.807, 2.05) is 24.3 Å². The molecule has 8 heteroatoms. The molecule has 162 valence electrons. The highest BCUT2D eigenvalue weighted by molar-refractivity contribution is 9.10. The highest BCUT2D eigenvalue weighted by Gasteiger charge is 2.22. The maximum absolute atomic E-state index is 12.5. The predicted octanol–water partition coefficient (Wildman–Crippen LogP) is 3.70. The number of rotatable bonds is 7. The number of hydrogen-bond acceptors (Lipinski definition) is 6. The van der Waals surface area contributed by atoms with Gasteiger partial charge in [0.15, 0.2) is 0 Å². The van der Waals surface area contributed by atoms with Crippen LogP contribution in [0.15, 0.2) is 34.8 Å². The molecule has 30 heavy (non-hydrogen) atoms. The van der Waals surface area contributed by atoms with Crippen LogP contribution < -0.4 is 19.9 Å². The molecule has 0 atom stereocenters. The average Bonchev–Trinajstić information content (AvgIpc) is 2.77. The molecule has 0 spiro atoms. The lowest BCUT2D eigenvalue weighted by molar-refractivity contribution is 0.0828. The molecule has 1 amide bonds. The average molecular weight is 476 g/mol. The Hall–Kier alpha value is -2.48. The number of carbonyl (C=O) groups is 1. The van der Waals surface area contributed by atoms with Crippen LogP contribution in [0.2, 0.25) is 0 Å². The molecule has 0 radical (unpaired) electrons. The van der Waals surface area contributed by atoms with E-state index in [4.69, 9.17) is 9.72 Å². The van der Waals surface area contributed by atoms with Gasteiger partial charge in [0.05, 0.1) is 18.4 Å². The Labute approximate surface area is 187 Å². The summed E-state index contributed by atoms with van der Waals surface area (Å²) in [5, 5.41) is 3.32. The molecule has 1 aliphatic rings. The number of benzene rings is 1. The SMILES string of the molecule is CCCNc1nc(N2CCN(c3ccc(Br)cc3OC)CC2)ccc1C(=O)N(C)C. The van der Waals surface area contributed by atoms with Crippen molar-refractivity contribution in [1.82, 2.24) is 9.88 Å². The van der Waals surface area contributed by atoms with Crippen LogP contribution in [0.1, 0.15) is 23.7 Å². The number of pyridine rings is 1. The van der Waals surface area contributed by atoms with Crippen molar-refractivity contribution in [2.24, 2.45) is 0 Å². The molecule has 1 N–H and O–H groups in total. The minimum Gasteiger partial charge on any atom is -0.495 e. The highest BCUT2D eigenvalue weighted by atomic mass is 79.9. The molecule has 0 aliphatic carbocycles. The van der Waals surface area contributed by atoms with E-state index in [1.54, 1.807) is 26.1 Å². The summed E-state index contributed by atoms with van der Waals surface area (Å²) in [6, 6.07) is 9.95. The number of ether oxygens (including phenoxy) is 1. The summed E-state index contributed by atoms with van der Waals surface area (Å²) in [6.45, 7) is 6.31. The van der Waals surface area contributed by atoms with Crippen LogP contribution in [-0.2, 0) is 0 Å². The summed E-state index contributed by atoms with van der Waals surface area (Å²) in [7, 11) is 5.22. The fraction of sp³-hybridized carbons (Fsp3) is 0.455. The van der Waals surface area contributed by atoms with Gasteiger partial charge < -0.3 is 24.8 Å². The van der Waals surface area contributed by atoms with Crippen molar-refractivity contribution < 1.29 is 9.53 Å². The number of methoxy groups -OCH3 is 1. The molecule has 2 heterocycles. The van der Waals surface area contributed by atoms with Crippen molar-refractivity contribution >= 4 is 39.2 Å². The second kappa shape index (κ2) is 10.0. The second-order valence-corrected chi connectivity index (χ2v) is 8.40. The third-order valence-electron chi connectivity index (χ3n) is 5.15. The Morgan fingerprint density at radius 1 is 1.17 bits per heavy atom. The first-order valence-electron chi connectivity index (χ1n) is 10.2. The monoisotopic (exact) mass is 475 g/mol. The predicted molar refractivity (Wildman–Crippen MR) is 126 cm³/mol. The lowest BCUT2D eigenvalue weighted by Crippen LogP contribution is -2.47. The number of amides is 1. The lowest BCUT2D eigenvalue weighted by Gasteiger charge is -2.37. The van der Waals surface area contributed by atoms with Gasteiger partial charge in [-0.1, -0.05) is 22.9 Å². The molecule has 7 nitrogen and oxygen atoms in total. The van der Waals surface area contributed by atoms with Gasteiger partial charge in [0.1, 0.15) is 17.4 Å². The summed E-state index contributed by atoms with van der Waals surface area (Å²) in [6.07, 6.45) is 0.967. The van der Waals surface area contributed by atoms with Crippen LogP contribution in [0.4, 0.5) is 17.3 Å². The maximum atomic E-state index is 12.5. The number of aromatic nitrogens is 1. The molecule has 1 aliphatic heterocycles. The molecule has 1 saturated heterocycles. The molecule has 3 rings (SSSR count). The van der Waals surface area contributed by atoms with Crippen molar-refractivity contribution in [3.63, 3.8) is 0 Å². The largest absolute Gasteiger partial charge is 0.495 e. The normalized spacial score (nSPS) is 13.9.